The average molecular weight is 531 g/mol. The van der Waals surface area contributed by atoms with Crippen molar-refractivity contribution >= 4 is 27.4 Å². The molecular formula is C31H37F3O2S. The first kappa shape index (κ1) is 29.0. The van der Waals surface area contributed by atoms with E-state index in [0.29, 0.717) is 23.3 Å². The molecule has 0 unspecified atom stereocenters. The number of rotatable bonds is 10. The molecule has 0 N–H and O–H groups in total. The van der Waals surface area contributed by atoms with Crippen LogP contribution in [0.15, 0.2) is 54.6 Å². The van der Waals surface area contributed by atoms with Gasteiger partial charge in [-0.1, -0.05) is 64.5 Å². The van der Waals surface area contributed by atoms with E-state index in [1.165, 1.54) is 17.4 Å². The van der Waals surface area contributed by atoms with E-state index in [9.17, 15) is 18.0 Å². The molecule has 0 atom stereocenters. The summed E-state index contributed by atoms with van der Waals surface area (Å²) in [6.45, 7) is 15.3. The van der Waals surface area contributed by atoms with Crippen LogP contribution >= 0.6 is 11.3 Å². The average Bonchev–Trinajstić information content (AvgIpc) is 3.21. The van der Waals surface area contributed by atoms with Crippen molar-refractivity contribution in [3.63, 3.8) is 0 Å². The van der Waals surface area contributed by atoms with Crippen LogP contribution in [0.3, 0.4) is 0 Å². The molecule has 0 fully saturated rings. The summed E-state index contributed by atoms with van der Waals surface area (Å²) >= 11 is 1.37. The predicted molar refractivity (Wildman–Crippen MR) is 148 cm³/mol. The van der Waals surface area contributed by atoms with Gasteiger partial charge < -0.3 is 4.74 Å². The zero-order valence-corrected chi connectivity index (χ0v) is 23.5. The third-order valence-corrected chi connectivity index (χ3v) is 7.74. The second-order valence-electron chi connectivity index (χ2n) is 11.2. The first-order valence-electron chi connectivity index (χ1n) is 12.8. The highest BCUT2D eigenvalue weighted by atomic mass is 32.1. The van der Waals surface area contributed by atoms with Gasteiger partial charge in [-0.05, 0) is 80.2 Å². The van der Waals surface area contributed by atoms with Crippen molar-refractivity contribution in [1.29, 1.82) is 0 Å². The number of benzene rings is 2. The summed E-state index contributed by atoms with van der Waals surface area (Å²) in [6, 6.07) is 12.6. The van der Waals surface area contributed by atoms with Crippen LogP contribution in [0.4, 0.5) is 13.2 Å². The van der Waals surface area contributed by atoms with E-state index in [0.717, 1.165) is 40.5 Å². The zero-order chi connectivity index (χ0) is 27.6. The van der Waals surface area contributed by atoms with Gasteiger partial charge in [-0.3, -0.25) is 0 Å². The lowest BCUT2D eigenvalue weighted by Gasteiger charge is -2.35. The minimum absolute atomic E-state index is 0.224. The van der Waals surface area contributed by atoms with Crippen molar-refractivity contribution in [3.8, 4) is 10.4 Å². The zero-order valence-electron chi connectivity index (χ0n) is 22.6. The number of thiophene rings is 1. The molecule has 2 aromatic carbocycles. The number of carbonyl (C=O) groups is 1. The fourth-order valence-electron chi connectivity index (χ4n) is 4.90. The molecule has 3 rings (SSSR count). The summed E-state index contributed by atoms with van der Waals surface area (Å²) in [4.78, 5) is 12.7. The first-order valence-corrected chi connectivity index (χ1v) is 13.6. The maximum Gasteiger partial charge on any atom is 0.417 e. The molecular weight excluding hydrogens is 493 g/mol. The molecule has 1 heterocycles. The number of unbranched alkanes of at least 4 members (excludes halogenated alkanes) is 2. The summed E-state index contributed by atoms with van der Waals surface area (Å²) in [5, 5.41) is 0.910. The Labute approximate surface area is 222 Å². The fourth-order valence-corrected chi connectivity index (χ4v) is 6.04. The van der Waals surface area contributed by atoms with Crippen LogP contribution in [-0.4, -0.2) is 11.6 Å². The van der Waals surface area contributed by atoms with E-state index in [4.69, 9.17) is 4.74 Å². The Bertz CT molecular complexity index is 1280. The molecule has 0 bridgehead atoms. The fraction of sp³-hybridized carbons (Fsp3) is 0.452. The Morgan fingerprint density at radius 3 is 2.32 bits per heavy atom. The molecule has 2 nitrogen and oxygen atoms in total. The van der Waals surface area contributed by atoms with Crippen LogP contribution in [0.1, 0.15) is 83.9 Å². The number of ether oxygens (including phenoxy) is 1. The summed E-state index contributed by atoms with van der Waals surface area (Å²) < 4.78 is 48.7. The van der Waals surface area contributed by atoms with Crippen molar-refractivity contribution in [2.24, 2.45) is 0 Å². The molecule has 0 saturated heterocycles. The number of halogens is 3. The van der Waals surface area contributed by atoms with Crippen LogP contribution in [0.2, 0.25) is 0 Å². The molecule has 6 heteroatoms. The van der Waals surface area contributed by atoms with Crippen LogP contribution < -0.4 is 0 Å². The summed E-state index contributed by atoms with van der Waals surface area (Å²) in [6.07, 6.45) is -0.280. The Morgan fingerprint density at radius 2 is 1.70 bits per heavy atom. The standard InChI is InChI=1S/C31H37F3O2S/c1-8-9-10-11-21-12-15-24(25(16-21)31(32,33)34)27-17-22-13-14-23(18-26(22)37-27)29(4,5)19-30(6,7)36-28(35)20(2)3/h12-18H,2,8-11,19H2,1,3-7H3. The number of hydrogen-bond acceptors (Lipinski definition) is 3. The molecule has 0 radical (unpaired) electrons. The predicted octanol–water partition coefficient (Wildman–Crippen LogP) is 9.89. The highest BCUT2D eigenvalue weighted by Gasteiger charge is 2.35. The van der Waals surface area contributed by atoms with E-state index in [1.54, 1.807) is 13.0 Å². The second kappa shape index (κ2) is 11.0. The van der Waals surface area contributed by atoms with Gasteiger partial charge in [0.25, 0.3) is 0 Å². The largest absolute Gasteiger partial charge is 0.456 e. The smallest absolute Gasteiger partial charge is 0.417 e. The Morgan fingerprint density at radius 1 is 1.00 bits per heavy atom. The van der Waals surface area contributed by atoms with Gasteiger partial charge in [0.2, 0.25) is 0 Å². The highest BCUT2D eigenvalue weighted by Crippen LogP contribution is 2.43. The Kier molecular flexibility index (Phi) is 8.63. The van der Waals surface area contributed by atoms with Gasteiger partial charge >= 0.3 is 12.1 Å². The molecule has 0 aliphatic heterocycles. The molecule has 200 valence electrons. The summed E-state index contributed by atoms with van der Waals surface area (Å²) in [7, 11) is 0. The second-order valence-corrected chi connectivity index (χ2v) is 12.3. The Hall–Kier alpha value is -2.60. The van der Waals surface area contributed by atoms with Crippen LogP contribution in [0.25, 0.3) is 20.5 Å². The van der Waals surface area contributed by atoms with Crippen molar-refractivity contribution < 1.29 is 22.7 Å². The maximum atomic E-state index is 14.0. The third kappa shape index (κ3) is 7.25. The number of fused-ring (bicyclic) bond motifs is 1. The van der Waals surface area contributed by atoms with E-state index in [-0.39, 0.29) is 11.0 Å². The normalized spacial score (nSPS) is 12.7. The lowest BCUT2D eigenvalue weighted by molar-refractivity contribution is -0.153. The van der Waals surface area contributed by atoms with Crippen molar-refractivity contribution in [2.45, 2.75) is 90.8 Å². The Balaban J connectivity index is 1.94. The number of carbonyl (C=O) groups excluding carboxylic acids is 1. The van der Waals surface area contributed by atoms with Gasteiger partial charge in [0.1, 0.15) is 5.60 Å². The molecule has 0 amide bonds. The molecule has 0 saturated carbocycles. The van der Waals surface area contributed by atoms with Crippen molar-refractivity contribution in [2.75, 3.05) is 0 Å². The summed E-state index contributed by atoms with van der Waals surface area (Å²) in [5.41, 5.74) is 0.714. The van der Waals surface area contributed by atoms with Crippen LogP contribution in [0, 0.1) is 0 Å². The SMILES string of the molecule is C=C(C)C(=O)OC(C)(C)CC(C)(C)c1ccc2cc(-c3ccc(CCCCC)cc3C(F)(F)F)sc2c1. The third-order valence-electron chi connectivity index (χ3n) is 6.61. The number of esters is 1. The first-order chi connectivity index (χ1) is 17.1. The molecule has 0 aliphatic carbocycles. The molecule has 37 heavy (non-hydrogen) atoms. The molecule has 1 aromatic heterocycles. The van der Waals surface area contributed by atoms with Crippen molar-refractivity contribution in [1.82, 2.24) is 0 Å². The number of alkyl halides is 3. The van der Waals surface area contributed by atoms with E-state index in [1.807, 2.05) is 44.2 Å². The maximum absolute atomic E-state index is 14.0. The lowest BCUT2D eigenvalue weighted by atomic mass is 9.76. The molecule has 3 aromatic rings. The minimum atomic E-state index is -4.42. The van der Waals surface area contributed by atoms with Gasteiger partial charge in [-0.2, -0.15) is 13.2 Å². The van der Waals surface area contributed by atoms with Gasteiger partial charge in [0, 0.05) is 20.7 Å². The topological polar surface area (TPSA) is 26.3 Å². The van der Waals surface area contributed by atoms with Crippen molar-refractivity contribution in [3.05, 3.63) is 71.3 Å². The van der Waals surface area contributed by atoms with Gasteiger partial charge in [0.05, 0.1) is 5.56 Å². The summed E-state index contributed by atoms with van der Waals surface area (Å²) in [5.74, 6) is -0.420. The highest BCUT2D eigenvalue weighted by molar-refractivity contribution is 7.22. The number of aryl methyl sites for hydroxylation is 1. The van der Waals surface area contributed by atoms with E-state index < -0.39 is 23.3 Å². The lowest BCUT2D eigenvalue weighted by Crippen LogP contribution is -2.36. The molecule has 0 aliphatic rings. The van der Waals surface area contributed by atoms with Gasteiger partial charge in [-0.15, -0.1) is 11.3 Å². The minimum Gasteiger partial charge on any atom is -0.456 e. The monoisotopic (exact) mass is 530 g/mol. The quantitative estimate of drug-likeness (QED) is 0.148. The van der Waals surface area contributed by atoms with E-state index >= 15 is 0 Å². The number of hydrogen-bond donors (Lipinski definition) is 0. The van der Waals surface area contributed by atoms with Gasteiger partial charge in [0.15, 0.2) is 0 Å². The van der Waals surface area contributed by atoms with E-state index in [2.05, 4.69) is 27.4 Å². The van der Waals surface area contributed by atoms with Crippen LogP contribution in [-0.2, 0) is 27.5 Å². The molecule has 0 spiro atoms. The van der Waals surface area contributed by atoms with Crippen LogP contribution in [0.5, 0.6) is 0 Å². The van der Waals surface area contributed by atoms with Gasteiger partial charge in [-0.25, -0.2) is 4.79 Å².